The fourth-order valence-electron chi connectivity index (χ4n) is 5.86. The van der Waals surface area contributed by atoms with Crippen LogP contribution in [0.5, 0.6) is 0 Å². The van der Waals surface area contributed by atoms with Crippen LogP contribution in [0.4, 0.5) is 5.69 Å². The molecule has 1 aliphatic heterocycles. The van der Waals surface area contributed by atoms with Crippen molar-refractivity contribution >= 4 is 39.3 Å². The number of nitrogens with one attached hydrogen (secondary N) is 1. The van der Waals surface area contributed by atoms with E-state index in [4.69, 9.17) is 0 Å². The maximum atomic E-state index is 13.2. The van der Waals surface area contributed by atoms with Crippen LogP contribution >= 0.6 is 15.9 Å². The Balaban J connectivity index is 1.31. The molecule has 5 rings (SSSR count). The molecule has 1 N–H and O–H groups in total. The molecule has 2 saturated carbocycles. The summed E-state index contributed by atoms with van der Waals surface area (Å²) in [5.41, 5.74) is 2.86. The number of hydrogen-bond acceptors (Lipinski definition) is 3. The highest BCUT2D eigenvalue weighted by Gasteiger charge is 2.63. The molecule has 1 heterocycles. The number of carbonyl (C=O) groups excluding carboxylic acids is 3. The lowest BCUT2D eigenvalue weighted by Crippen LogP contribution is -2.39. The topological polar surface area (TPSA) is 66.5 Å². The van der Waals surface area contributed by atoms with Crippen molar-refractivity contribution in [2.24, 2.45) is 23.7 Å². The number of fused-ring (bicyclic) bond motifs is 5. The summed E-state index contributed by atoms with van der Waals surface area (Å²) in [6.07, 6.45) is 1.89. The minimum Gasteiger partial charge on any atom is -0.324 e. The first-order valence-electron chi connectivity index (χ1n) is 10.4. The van der Waals surface area contributed by atoms with Crippen molar-refractivity contribution in [1.82, 2.24) is 4.90 Å². The van der Waals surface area contributed by atoms with Crippen LogP contribution in [0.3, 0.4) is 0 Å². The SMILES string of the molecule is Cc1cc(Br)ccc1NC(=O)CN1C(=O)[C@@H]2[C@@H]3C[C@@H]([C@@H]2C1=O)[C@H](c1ccccc1)C3. The van der Waals surface area contributed by atoms with Gasteiger partial charge in [-0.3, -0.25) is 19.3 Å². The smallest absolute Gasteiger partial charge is 0.244 e. The fraction of sp³-hybridized carbons (Fsp3) is 0.375. The highest BCUT2D eigenvalue weighted by molar-refractivity contribution is 9.10. The summed E-state index contributed by atoms with van der Waals surface area (Å²) in [7, 11) is 0. The number of rotatable bonds is 4. The molecule has 1 saturated heterocycles. The van der Waals surface area contributed by atoms with Crippen molar-refractivity contribution in [2.45, 2.75) is 25.7 Å². The molecule has 2 aromatic rings. The molecular weight excluding hydrogens is 444 g/mol. The Morgan fingerprint density at radius 1 is 1.07 bits per heavy atom. The van der Waals surface area contributed by atoms with Gasteiger partial charge in [-0.1, -0.05) is 46.3 Å². The number of nitrogens with zero attached hydrogens (tertiary/aromatic N) is 1. The quantitative estimate of drug-likeness (QED) is 0.689. The number of hydrogen-bond donors (Lipinski definition) is 1. The second-order valence-corrected chi connectivity index (χ2v) is 9.65. The lowest BCUT2D eigenvalue weighted by atomic mass is 9.73. The van der Waals surface area contributed by atoms with E-state index in [0.29, 0.717) is 11.6 Å². The Bertz CT molecular complexity index is 1040. The summed E-state index contributed by atoms with van der Waals surface area (Å²) in [5.74, 6) is -0.424. The summed E-state index contributed by atoms with van der Waals surface area (Å²) < 4.78 is 0.930. The lowest BCUT2D eigenvalue weighted by Gasteiger charge is -2.28. The van der Waals surface area contributed by atoms with E-state index in [-0.39, 0.29) is 47.9 Å². The molecule has 0 unspecified atom stereocenters. The van der Waals surface area contributed by atoms with Gasteiger partial charge in [0.15, 0.2) is 0 Å². The predicted octanol–water partition coefficient (Wildman–Crippen LogP) is 4.12. The first-order valence-corrected chi connectivity index (χ1v) is 11.2. The van der Waals surface area contributed by atoms with E-state index in [1.807, 2.05) is 43.3 Å². The van der Waals surface area contributed by atoms with E-state index in [0.717, 1.165) is 22.9 Å². The number of carbonyl (C=O) groups is 3. The van der Waals surface area contributed by atoms with Crippen LogP contribution in [0.15, 0.2) is 53.0 Å². The molecule has 5 atom stereocenters. The third-order valence-corrected chi connectivity index (χ3v) is 7.59. The highest BCUT2D eigenvalue weighted by atomic mass is 79.9. The van der Waals surface area contributed by atoms with E-state index in [1.54, 1.807) is 0 Å². The second-order valence-electron chi connectivity index (χ2n) is 8.73. The van der Waals surface area contributed by atoms with E-state index in [2.05, 4.69) is 33.4 Å². The zero-order valence-electron chi connectivity index (χ0n) is 16.7. The number of likely N-dealkylation sites (tertiary alicyclic amines) is 1. The Morgan fingerprint density at radius 3 is 2.53 bits per heavy atom. The minimum absolute atomic E-state index is 0.160. The maximum absolute atomic E-state index is 13.2. The van der Waals surface area contributed by atoms with Crippen LogP contribution < -0.4 is 5.32 Å². The molecule has 3 aliphatic rings. The van der Waals surface area contributed by atoms with Gasteiger partial charge in [-0.15, -0.1) is 0 Å². The molecule has 2 aliphatic carbocycles. The number of anilines is 1. The van der Waals surface area contributed by atoms with Crippen LogP contribution in [0.1, 0.15) is 29.9 Å². The van der Waals surface area contributed by atoms with E-state index >= 15 is 0 Å². The second kappa shape index (κ2) is 7.34. The van der Waals surface area contributed by atoms with Gasteiger partial charge in [0, 0.05) is 10.2 Å². The standard InChI is InChI=1S/C24H23BrN2O3/c1-13-9-16(25)7-8-19(13)26-20(28)12-27-23(29)21-15-10-17(14-5-3-2-4-6-14)18(11-15)22(21)24(27)30/h2-9,15,17-18,21-22H,10-12H2,1H3,(H,26,28)/t15-,17-,18+,21+,22-/m0/s1. The molecule has 3 fully saturated rings. The van der Waals surface area contributed by atoms with Crippen LogP contribution in [-0.2, 0) is 14.4 Å². The highest BCUT2D eigenvalue weighted by Crippen LogP contribution is 2.61. The number of halogens is 1. The molecule has 6 heteroatoms. The van der Waals surface area contributed by atoms with Crippen molar-refractivity contribution in [2.75, 3.05) is 11.9 Å². The third kappa shape index (κ3) is 3.09. The van der Waals surface area contributed by atoms with E-state index in [9.17, 15) is 14.4 Å². The van der Waals surface area contributed by atoms with Gasteiger partial charge < -0.3 is 5.32 Å². The van der Waals surface area contributed by atoms with Gasteiger partial charge in [-0.25, -0.2) is 0 Å². The molecule has 2 aromatic carbocycles. The van der Waals surface area contributed by atoms with Gasteiger partial charge in [0.25, 0.3) is 0 Å². The van der Waals surface area contributed by atoms with Gasteiger partial charge in [-0.2, -0.15) is 0 Å². The Hall–Kier alpha value is -2.47. The molecule has 3 amide bonds. The Kier molecular flexibility index (Phi) is 4.77. The van der Waals surface area contributed by atoms with Crippen LogP contribution in [0, 0.1) is 30.6 Å². The molecule has 0 spiro atoms. The first kappa shape index (κ1) is 19.5. The number of aryl methyl sites for hydroxylation is 1. The average Bonchev–Trinajstić information content (AvgIpc) is 3.39. The summed E-state index contributed by atoms with van der Waals surface area (Å²) >= 11 is 3.41. The van der Waals surface area contributed by atoms with E-state index < -0.39 is 0 Å². The van der Waals surface area contributed by atoms with Crippen LogP contribution in [0.25, 0.3) is 0 Å². The predicted molar refractivity (Wildman–Crippen MR) is 117 cm³/mol. The van der Waals surface area contributed by atoms with Gasteiger partial charge in [0.1, 0.15) is 6.54 Å². The van der Waals surface area contributed by atoms with Gasteiger partial charge >= 0.3 is 0 Å². The molecule has 5 nitrogen and oxygen atoms in total. The molecule has 2 bridgehead atoms. The Morgan fingerprint density at radius 2 is 1.80 bits per heavy atom. The van der Waals surface area contributed by atoms with Crippen molar-refractivity contribution in [3.63, 3.8) is 0 Å². The normalized spacial score (nSPS) is 29.4. The van der Waals surface area contributed by atoms with Gasteiger partial charge in [-0.05, 0) is 66.8 Å². The summed E-state index contributed by atoms with van der Waals surface area (Å²) in [5, 5.41) is 2.84. The largest absolute Gasteiger partial charge is 0.324 e. The summed E-state index contributed by atoms with van der Waals surface area (Å²) in [4.78, 5) is 40.0. The van der Waals surface area contributed by atoms with Gasteiger partial charge in [0.2, 0.25) is 17.7 Å². The lowest BCUT2D eigenvalue weighted by molar-refractivity contribution is -0.143. The number of imide groups is 1. The molecule has 0 aromatic heterocycles. The summed E-state index contributed by atoms with van der Waals surface area (Å²) in [6, 6.07) is 15.9. The molecule has 30 heavy (non-hydrogen) atoms. The third-order valence-electron chi connectivity index (χ3n) is 7.10. The number of benzene rings is 2. The summed E-state index contributed by atoms with van der Waals surface area (Å²) in [6.45, 7) is 1.69. The van der Waals surface area contributed by atoms with Crippen molar-refractivity contribution in [3.05, 3.63) is 64.1 Å². The molecule has 0 radical (unpaired) electrons. The van der Waals surface area contributed by atoms with Crippen molar-refractivity contribution in [3.8, 4) is 0 Å². The monoisotopic (exact) mass is 466 g/mol. The number of amides is 3. The van der Waals surface area contributed by atoms with Crippen molar-refractivity contribution < 1.29 is 14.4 Å². The van der Waals surface area contributed by atoms with Gasteiger partial charge in [0.05, 0.1) is 11.8 Å². The minimum atomic E-state index is -0.339. The first-order chi connectivity index (χ1) is 14.4. The zero-order valence-corrected chi connectivity index (χ0v) is 18.3. The maximum Gasteiger partial charge on any atom is 0.244 e. The average molecular weight is 467 g/mol. The molecule has 154 valence electrons. The zero-order chi connectivity index (χ0) is 21.0. The van der Waals surface area contributed by atoms with E-state index in [1.165, 1.54) is 10.5 Å². The van der Waals surface area contributed by atoms with Crippen LogP contribution in [-0.4, -0.2) is 29.2 Å². The van der Waals surface area contributed by atoms with Crippen molar-refractivity contribution in [1.29, 1.82) is 0 Å². The Labute approximate surface area is 184 Å². The fourth-order valence-corrected chi connectivity index (χ4v) is 6.34. The van der Waals surface area contributed by atoms with Crippen LogP contribution in [0.2, 0.25) is 0 Å². The molecular formula is C24H23BrN2O3.